The molecule has 11 rings (SSSR count). The molecule has 0 amide bonds. The maximum absolute atomic E-state index is 7.01. The first-order valence-electron chi connectivity index (χ1n) is 18.8. The lowest BCUT2D eigenvalue weighted by Crippen LogP contribution is -2.32. The lowest BCUT2D eigenvalue weighted by molar-refractivity contribution is 0.437. The van der Waals surface area contributed by atoms with Crippen LogP contribution in [0, 0.1) is 0 Å². The normalized spacial score (nSPS) is 12.9. The van der Waals surface area contributed by atoms with Gasteiger partial charge in [0.05, 0.1) is 5.41 Å². The van der Waals surface area contributed by atoms with Crippen LogP contribution in [0.4, 0.5) is 0 Å². The Bertz CT molecular complexity index is 2840. The van der Waals surface area contributed by atoms with Crippen molar-refractivity contribution in [2.75, 3.05) is 0 Å². The quantitative estimate of drug-likeness (QED) is 0.177. The first-order chi connectivity index (χ1) is 27.7. The summed E-state index contributed by atoms with van der Waals surface area (Å²) in [5.74, 6) is 3.56. The van der Waals surface area contributed by atoms with Crippen LogP contribution in [-0.4, -0.2) is 19.9 Å². The Kier molecular flexibility index (Phi) is 7.32. The minimum atomic E-state index is -0.556. The zero-order valence-corrected chi connectivity index (χ0v) is 30.2. The van der Waals surface area contributed by atoms with Gasteiger partial charge in [-0.2, -0.15) is 0 Å². The molecule has 1 spiro atoms. The van der Waals surface area contributed by atoms with Crippen LogP contribution >= 0.6 is 0 Å². The van der Waals surface area contributed by atoms with Gasteiger partial charge in [0.15, 0.2) is 17.5 Å². The second-order valence-electron chi connectivity index (χ2n) is 14.2. The number of rotatable bonds is 5. The summed E-state index contributed by atoms with van der Waals surface area (Å²) in [7, 11) is 0. The van der Waals surface area contributed by atoms with Crippen molar-refractivity contribution in [3.8, 4) is 79.0 Å². The third-order valence-corrected chi connectivity index (χ3v) is 11.1. The fourth-order valence-electron chi connectivity index (χ4n) is 8.59. The van der Waals surface area contributed by atoms with E-state index in [1.807, 2.05) is 85.2 Å². The molecule has 1 aliphatic carbocycles. The standard InChI is InChI=1S/C51H32N4O/c1-3-12-34(13-4-1)48-53-49(35-14-5-2-6-15-35)55-50(54-48)39-17-11-16-36(30-39)38-23-25-45-47(32-38)56-46-31-37(33-26-28-52-29-27-33)22-24-44(46)51(45)42-20-9-7-18-40(42)41-19-8-10-21-43(41)51/h1-32H. The summed E-state index contributed by atoms with van der Waals surface area (Å²) in [5.41, 5.74) is 13.7. The second-order valence-corrected chi connectivity index (χ2v) is 14.2. The molecule has 2 aliphatic rings. The fourth-order valence-corrected chi connectivity index (χ4v) is 8.59. The van der Waals surface area contributed by atoms with Gasteiger partial charge < -0.3 is 4.74 Å². The van der Waals surface area contributed by atoms with Crippen molar-refractivity contribution < 1.29 is 4.74 Å². The predicted octanol–water partition coefficient (Wildman–Crippen LogP) is 12.1. The Labute approximate surface area is 324 Å². The van der Waals surface area contributed by atoms with Crippen molar-refractivity contribution in [2.45, 2.75) is 5.41 Å². The summed E-state index contributed by atoms with van der Waals surface area (Å²) in [6, 6.07) is 63.6. The van der Waals surface area contributed by atoms with E-state index in [0.29, 0.717) is 17.5 Å². The zero-order valence-electron chi connectivity index (χ0n) is 30.2. The van der Waals surface area contributed by atoms with Crippen LogP contribution < -0.4 is 4.74 Å². The Balaban J connectivity index is 1.08. The van der Waals surface area contributed by atoms with Crippen molar-refractivity contribution in [1.82, 2.24) is 19.9 Å². The first-order valence-corrected chi connectivity index (χ1v) is 18.8. The molecule has 5 heteroatoms. The zero-order chi connectivity index (χ0) is 37.1. The highest BCUT2D eigenvalue weighted by Crippen LogP contribution is 2.62. The Morgan fingerprint density at radius 1 is 0.321 bits per heavy atom. The van der Waals surface area contributed by atoms with Crippen LogP contribution in [0.3, 0.4) is 0 Å². The van der Waals surface area contributed by atoms with Gasteiger partial charge in [0, 0.05) is 40.2 Å². The second kappa shape index (κ2) is 12.8. The van der Waals surface area contributed by atoms with Crippen LogP contribution in [0.2, 0.25) is 0 Å². The summed E-state index contributed by atoms with van der Waals surface area (Å²) < 4.78 is 7.01. The van der Waals surface area contributed by atoms with Crippen LogP contribution in [-0.2, 0) is 5.41 Å². The Hall–Kier alpha value is -7.50. The fraction of sp³-hybridized carbons (Fsp3) is 0.0196. The van der Waals surface area contributed by atoms with E-state index in [9.17, 15) is 0 Å². The van der Waals surface area contributed by atoms with E-state index in [1.54, 1.807) is 0 Å². The van der Waals surface area contributed by atoms with Crippen LogP contribution in [0.15, 0.2) is 194 Å². The van der Waals surface area contributed by atoms with E-state index in [-0.39, 0.29) is 0 Å². The van der Waals surface area contributed by atoms with Gasteiger partial charge in [-0.15, -0.1) is 0 Å². The number of fused-ring (bicyclic) bond motifs is 9. The molecule has 9 aromatic rings. The summed E-state index contributed by atoms with van der Waals surface area (Å²) in [4.78, 5) is 19.2. The monoisotopic (exact) mass is 716 g/mol. The lowest BCUT2D eigenvalue weighted by atomic mass is 9.65. The van der Waals surface area contributed by atoms with Crippen LogP contribution in [0.1, 0.15) is 22.3 Å². The molecule has 0 saturated heterocycles. The van der Waals surface area contributed by atoms with Crippen LogP contribution in [0.25, 0.3) is 67.5 Å². The van der Waals surface area contributed by atoms with Gasteiger partial charge in [-0.25, -0.2) is 15.0 Å². The molecule has 1 aliphatic heterocycles. The topological polar surface area (TPSA) is 60.8 Å². The molecule has 5 nitrogen and oxygen atoms in total. The predicted molar refractivity (Wildman–Crippen MR) is 222 cm³/mol. The molecule has 0 saturated carbocycles. The Morgan fingerprint density at radius 3 is 1.34 bits per heavy atom. The highest BCUT2D eigenvalue weighted by molar-refractivity contribution is 5.89. The number of pyridine rings is 1. The average molecular weight is 717 g/mol. The molecule has 0 atom stereocenters. The summed E-state index contributed by atoms with van der Waals surface area (Å²) >= 11 is 0. The molecule has 3 heterocycles. The van der Waals surface area contributed by atoms with Gasteiger partial charge in [-0.05, 0) is 74.8 Å². The molecule has 0 radical (unpaired) electrons. The average Bonchev–Trinajstić information content (AvgIpc) is 3.57. The van der Waals surface area contributed by atoms with Gasteiger partial charge in [0.1, 0.15) is 11.5 Å². The van der Waals surface area contributed by atoms with Gasteiger partial charge in [0.25, 0.3) is 0 Å². The molecule has 262 valence electrons. The van der Waals surface area contributed by atoms with E-state index in [2.05, 4.69) is 114 Å². The third kappa shape index (κ3) is 5.02. The van der Waals surface area contributed by atoms with E-state index in [0.717, 1.165) is 61.6 Å². The van der Waals surface area contributed by atoms with Gasteiger partial charge >= 0.3 is 0 Å². The number of nitrogens with zero attached hydrogens (tertiary/aromatic N) is 4. The van der Waals surface area contributed by atoms with E-state index in [4.69, 9.17) is 19.7 Å². The minimum Gasteiger partial charge on any atom is -0.457 e. The molecule has 0 N–H and O–H groups in total. The minimum absolute atomic E-state index is 0.556. The maximum atomic E-state index is 7.01. The molecular weight excluding hydrogens is 685 g/mol. The third-order valence-electron chi connectivity index (χ3n) is 11.1. The van der Waals surface area contributed by atoms with E-state index < -0.39 is 5.41 Å². The smallest absolute Gasteiger partial charge is 0.164 e. The number of hydrogen-bond acceptors (Lipinski definition) is 5. The molecule has 2 aromatic heterocycles. The number of ether oxygens (including phenoxy) is 1. The largest absolute Gasteiger partial charge is 0.457 e. The Morgan fingerprint density at radius 2 is 0.768 bits per heavy atom. The number of hydrogen-bond donors (Lipinski definition) is 0. The van der Waals surface area contributed by atoms with Gasteiger partial charge in [0.2, 0.25) is 0 Å². The number of benzene rings is 7. The van der Waals surface area contributed by atoms with Crippen molar-refractivity contribution in [2.24, 2.45) is 0 Å². The summed E-state index contributed by atoms with van der Waals surface area (Å²) in [5, 5.41) is 0. The van der Waals surface area contributed by atoms with E-state index in [1.165, 1.54) is 22.3 Å². The summed E-state index contributed by atoms with van der Waals surface area (Å²) in [6.07, 6.45) is 3.66. The van der Waals surface area contributed by atoms with Crippen molar-refractivity contribution >= 4 is 0 Å². The van der Waals surface area contributed by atoms with E-state index >= 15 is 0 Å². The maximum Gasteiger partial charge on any atom is 0.164 e. The SMILES string of the molecule is c1ccc(-c2nc(-c3ccccc3)nc(-c3cccc(-c4ccc5c(c4)Oc4cc(-c6ccncc6)ccc4C54c5ccccc5-c5ccccc54)c3)n2)cc1. The van der Waals surface area contributed by atoms with Crippen molar-refractivity contribution in [1.29, 1.82) is 0 Å². The highest BCUT2D eigenvalue weighted by Gasteiger charge is 2.51. The molecule has 0 fully saturated rings. The molecular formula is C51H32N4O. The van der Waals surface area contributed by atoms with Crippen molar-refractivity contribution in [3.63, 3.8) is 0 Å². The van der Waals surface area contributed by atoms with Crippen molar-refractivity contribution in [3.05, 3.63) is 217 Å². The first kappa shape index (κ1) is 32.0. The van der Waals surface area contributed by atoms with Gasteiger partial charge in [-0.1, -0.05) is 152 Å². The number of aromatic nitrogens is 4. The molecule has 0 bridgehead atoms. The molecule has 7 aromatic carbocycles. The van der Waals surface area contributed by atoms with Crippen LogP contribution in [0.5, 0.6) is 11.5 Å². The molecule has 0 unspecified atom stereocenters. The summed E-state index contributed by atoms with van der Waals surface area (Å²) in [6.45, 7) is 0. The lowest BCUT2D eigenvalue weighted by Gasteiger charge is -2.39. The van der Waals surface area contributed by atoms with Gasteiger partial charge in [-0.3, -0.25) is 4.98 Å². The molecule has 56 heavy (non-hydrogen) atoms. The highest BCUT2D eigenvalue weighted by atomic mass is 16.5.